The Bertz CT molecular complexity index is 1480. The van der Waals surface area contributed by atoms with Gasteiger partial charge in [-0.15, -0.1) is 0 Å². The number of ether oxygens (including phenoxy) is 1. The van der Waals surface area contributed by atoms with E-state index < -0.39 is 28.5 Å². The molecule has 42 heavy (non-hydrogen) atoms. The topological polar surface area (TPSA) is 96.0 Å². The van der Waals surface area contributed by atoms with Crippen LogP contribution in [0.1, 0.15) is 44.6 Å². The van der Waals surface area contributed by atoms with Crippen molar-refractivity contribution in [2.24, 2.45) is 0 Å². The van der Waals surface area contributed by atoms with E-state index in [4.69, 9.17) is 16.3 Å². The van der Waals surface area contributed by atoms with E-state index in [2.05, 4.69) is 21.2 Å². The van der Waals surface area contributed by atoms with Crippen LogP contribution >= 0.6 is 27.5 Å². The molecule has 11 heteroatoms. The highest BCUT2D eigenvalue weighted by Crippen LogP contribution is 2.35. The summed E-state index contributed by atoms with van der Waals surface area (Å²) >= 11 is 9.72. The lowest BCUT2D eigenvalue weighted by molar-refractivity contribution is -0.139. The first-order valence-corrected chi connectivity index (χ1v) is 16.5. The number of amides is 2. The zero-order valence-corrected chi connectivity index (χ0v) is 26.8. The number of benzene rings is 3. The Kier molecular flexibility index (Phi) is 10.9. The first kappa shape index (κ1) is 31.8. The molecule has 4 rings (SSSR count). The van der Waals surface area contributed by atoms with Crippen LogP contribution in [0.5, 0.6) is 5.75 Å². The van der Waals surface area contributed by atoms with Gasteiger partial charge in [-0.05, 0) is 67.8 Å². The Balaban J connectivity index is 1.71. The van der Waals surface area contributed by atoms with Crippen LogP contribution < -0.4 is 14.4 Å². The molecule has 0 heterocycles. The summed E-state index contributed by atoms with van der Waals surface area (Å²) in [6, 6.07) is 19.1. The number of sulfonamides is 1. The molecule has 0 bridgehead atoms. The minimum Gasteiger partial charge on any atom is -0.495 e. The number of anilines is 1. The normalized spacial score (nSPS) is 14.6. The summed E-state index contributed by atoms with van der Waals surface area (Å²) in [5.41, 5.74) is 0.909. The van der Waals surface area contributed by atoms with E-state index in [9.17, 15) is 18.0 Å². The van der Waals surface area contributed by atoms with Crippen LogP contribution in [0.3, 0.4) is 0 Å². The van der Waals surface area contributed by atoms with Crippen molar-refractivity contribution in [2.45, 2.75) is 62.6 Å². The molecule has 8 nitrogen and oxygen atoms in total. The summed E-state index contributed by atoms with van der Waals surface area (Å²) in [6.45, 7) is 1.20. The van der Waals surface area contributed by atoms with Crippen LogP contribution in [0.15, 0.2) is 82.2 Å². The van der Waals surface area contributed by atoms with Gasteiger partial charge in [0.1, 0.15) is 18.3 Å². The fourth-order valence-corrected chi connectivity index (χ4v) is 6.90. The standard InChI is InChI=1S/C31H35BrClN3O5S/c1-22(31(38)34-26-9-5-3-6-10-26)35(20-23-13-15-24(32)16-14-23)30(37)21-36(28-19-25(33)17-18-29(28)41-2)42(39,40)27-11-7-4-8-12-27/h4,7-8,11-19,22,26H,3,5-6,9-10,20-21H2,1-2H3,(H,34,38)/t22-/m0/s1. The van der Waals surface area contributed by atoms with E-state index in [1.165, 1.54) is 30.2 Å². The molecule has 0 aliphatic heterocycles. The number of methoxy groups -OCH3 is 1. The molecule has 0 radical (unpaired) electrons. The van der Waals surface area contributed by atoms with Crippen molar-refractivity contribution in [3.05, 3.63) is 87.9 Å². The number of nitrogens with one attached hydrogen (secondary N) is 1. The van der Waals surface area contributed by atoms with E-state index in [0.717, 1.165) is 46.4 Å². The van der Waals surface area contributed by atoms with Gasteiger partial charge >= 0.3 is 0 Å². The molecule has 0 aromatic heterocycles. The molecule has 1 fully saturated rings. The molecular formula is C31H35BrClN3O5S. The lowest BCUT2D eigenvalue weighted by atomic mass is 9.95. The second-order valence-corrected chi connectivity index (χ2v) is 13.5. The molecule has 0 spiro atoms. The monoisotopic (exact) mass is 675 g/mol. The molecule has 3 aromatic rings. The predicted molar refractivity (Wildman–Crippen MR) is 168 cm³/mol. The molecule has 1 atom stereocenters. The fourth-order valence-electron chi connectivity index (χ4n) is 5.03. The summed E-state index contributed by atoms with van der Waals surface area (Å²) in [6.07, 6.45) is 5.05. The third kappa shape index (κ3) is 7.85. The average molecular weight is 677 g/mol. The Morgan fingerprint density at radius 2 is 1.69 bits per heavy atom. The van der Waals surface area contributed by atoms with Gasteiger partial charge in [-0.3, -0.25) is 13.9 Å². The second-order valence-electron chi connectivity index (χ2n) is 10.3. The first-order chi connectivity index (χ1) is 20.1. The molecule has 1 aliphatic carbocycles. The number of hydrogen-bond acceptors (Lipinski definition) is 5. The molecule has 224 valence electrons. The zero-order chi connectivity index (χ0) is 30.3. The maximum absolute atomic E-state index is 14.2. The second kappa shape index (κ2) is 14.4. The highest BCUT2D eigenvalue weighted by Gasteiger charge is 2.34. The van der Waals surface area contributed by atoms with E-state index >= 15 is 0 Å². The van der Waals surface area contributed by atoms with Gasteiger partial charge in [-0.2, -0.15) is 0 Å². The summed E-state index contributed by atoms with van der Waals surface area (Å²) in [5.74, 6) is -0.592. The van der Waals surface area contributed by atoms with Crippen molar-refractivity contribution in [3.8, 4) is 5.75 Å². The lowest BCUT2D eigenvalue weighted by Crippen LogP contribution is -2.53. The quantitative estimate of drug-likeness (QED) is 0.262. The Morgan fingerprint density at radius 3 is 2.33 bits per heavy atom. The molecule has 0 saturated heterocycles. The van der Waals surface area contributed by atoms with Crippen LogP contribution in [0.25, 0.3) is 0 Å². The van der Waals surface area contributed by atoms with E-state index in [1.54, 1.807) is 37.3 Å². The van der Waals surface area contributed by atoms with Crippen molar-refractivity contribution in [1.82, 2.24) is 10.2 Å². The average Bonchev–Trinajstić information content (AvgIpc) is 3.00. The number of nitrogens with zero attached hydrogens (tertiary/aromatic N) is 2. The summed E-state index contributed by atoms with van der Waals surface area (Å²) in [4.78, 5) is 29.0. The van der Waals surface area contributed by atoms with Crippen molar-refractivity contribution in [1.29, 1.82) is 0 Å². The van der Waals surface area contributed by atoms with Crippen molar-refractivity contribution < 1.29 is 22.7 Å². The van der Waals surface area contributed by atoms with Gasteiger partial charge < -0.3 is 15.0 Å². The van der Waals surface area contributed by atoms with Crippen LogP contribution in [0.4, 0.5) is 5.69 Å². The maximum Gasteiger partial charge on any atom is 0.264 e. The number of rotatable bonds is 11. The molecule has 1 N–H and O–H groups in total. The fraction of sp³-hybridized carbons (Fsp3) is 0.355. The highest BCUT2D eigenvalue weighted by atomic mass is 79.9. The zero-order valence-electron chi connectivity index (χ0n) is 23.6. The Labute approximate surface area is 261 Å². The van der Waals surface area contributed by atoms with E-state index in [-0.39, 0.29) is 39.8 Å². The van der Waals surface area contributed by atoms with Gasteiger partial charge in [-0.1, -0.05) is 77.1 Å². The molecule has 2 amide bonds. The smallest absolute Gasteiger partial charge is 0.264 e. The number of hydrogen-bond donors (Lipinski definition) is 1. The van der Waals surface area contributed by atoms with Crippen LogP contribution in [-0.2, 0) is 26.2 Å². The number of carbonyl (C=O) groups is 2. The van der Waals surface area contributed by atoms with Gasteiger partial charge in [0.15, 0.2) is 0 Å². The predicted octanol–water partition coefficient (Wildman–Crippen LogP) is 6.17. The first-order valence-electron chi connectivity index (χ1n) is 13.9. The van der Waals surface area contributed by atoms with Crippen molar-refractivity contribution in [2.75, 3.05) is 18.0 Å². The molecule has 0 unspecified atom stereocenters. The number of halogens is 2. The van der Waals surface area contributed by atoms with Gasteiger partial charge in [0.2, 0.25) is 11.8 Å². The minimum absolute atomic E-state index is 0.00220. The van der Waals surface area contributed by atoms with Crippen molar-refractivity contribution in [3.63, 3.8) is 0 Å². The molecule has 1 aliphatic rings. The van der Waals surface area contributed by atoms with Gasteiger partial charge in [0, 0.05) is 22.1 Å². The van der Waals surface area contributed by atoms with Crippen molar-refractivity contribution >= 4 is 55.1 Å². The van der Waals surface area contributed by atoms with Gasteiger partial charge in [0.25, 0.3) is 10.0 Å². The SMILES string of the molecule is COc1ccc(Cl)cc1N(CC(=O)N(Cc1ccc(Br)cc1)[C@@H](C)C(=O)NC1CCCCC1)S(=O)(=O)c1ccccc1. The molecule has 1 saturated carbocycles. The van der Waals surface area contributed by atoms with Crippen LogP contribution in [0.2, 0.25) is 5.02 Å². The minimum atomic E-state index is -4.24. The molecule has 3 aromatic carbocycles. The summed E-state index contributed by atoms with van der Waals surface area (Å²) < 4.78 is 35.4. The largest absolute Gasteiger partial charge is 0.495 e. The third-order valence-corrected chi connectivity index (χ3v) is 9.94. The van der Waals surface area contributed by atoms with Crippen LogP contribution in [0, 0.1) is 0 Å². The Morgan fingerprint density at radius 1 is 1.02 bits per heavy atom. The Hall–Kier alpha value is -3.08. The summed E-state index contributed by atoms with van der Waals surface area (Å²) in [7, 11) is -2.82. The van der Waals surface area contributed by atoms with Crippen LogP contribution in [-0.4, -0.2) is 50.9 Å². The highest BCUT2D eigenvalue weighted by molar-refractivity contribution is 9.10. The third-order valence-electron chi connectivity index (χ3n) is 7.40. The maximum atomic E-state index is 14.2. The molecular weight excluding hydrogens is 642 g/mol. The lowest BCUT2D eigenvalue weighted by Gasteiger charge is -2.33. The van der Waals surface area contributed by atoms with E-state index in [1.807, 2.05) is 24.3 Å². The summed E-state index contributed by atoms with van der Waals surface area (Å²) in [5, 5.41) is 3.38. The van der Waals surface area contributed by atoms with E-state index in [0.29, 0.717) is 0 Å². The van der Waals surface area contributed by atoms with Gasteiger partial charge in [-0.25, -0.2) is 8.42 Å². The van der Waals surface area contributed by atoms with Gasteiger partial charge in [0.05, 0.1) is 17.7 Å². The number of carbonyl (C=O) groups excluding carboxylic acids is 2.